The zero-order valence-corrected chi connectivity index (χ0v) is 9.39. The van der Waals surface area contributed by atoms with Crippen molar-refractivity contribution in [1.82, 2.24) is 15.1 Å². The van der Waals surface area contributed by atoms with Gasteiger partial charge in [-0.2, -0.15) is 5.10 Å². The highest BCUT2D eigenvalue weighted by atomic mass is 16.4. The van der Waals surface area contributed by atoms with Crippen molar-refractivity contribution in [3.05, 3.63) is 18.0 Å². The van der Waals surface area contributed by atoms with Gasteiger partial charge in [0.2, 0.25) is 0 Å². The lowest BCUT2D eigenvalue weighted by Crippen LogP contribution is -2.32. The first-order valence-corrected chi connectivity index (χ1v) is 5.73. The van der Waals surface area contributed by atoms with Gasteiger partial charge in [-0.1, -0.05) is 6.92 Å². The summed E-state index contributed by atoms with van der Waals surface area (Å²) in [5.41, 5.74) is 1.10. The lowest BCUT2D eigenvalue weighted by Gasteiger charge is -2.13. The Kier molecular flexibility index (Phi) is 3.24. The van der Waals surface area contributed by atoms with E-state index in [4.69, 9.17) is 5.11 Å². The summed E-state index contributed by atoms with van der Waals surface area (Å²) in [7, 11) is 0. The zero-order chi connectivity index (χ0) is 11.5. The van der Waals surface area contributed by atoms with Crippen LogP contribution in [0.2, 0.25) is 0 Å². The van der Waals surface area contributed by atoms with Gasteiger partial charge in [0.1, 0.15) is 6.04 Å². The minimum Gasteiger partial charge on any atom is -0.480 e. The molecule has 0 saturated carbocycles. The number of rotatable bonds is 4. The van der Waals surface area contributed by atoms with Gasteiger partial charge >= 0.3 is 5.97 Å². The molecule has 16 heavy (non-hydrogen) atoms. The second kappa shape index (κ2) is 4.65. The summed E-state index contributed by atoms with van der Waals surface area (Å²) in [5, 5.41) is 16.3. The van der Waals surface area contributed by atoms with Crippen LogP contribution in [0.5, 0.6) is 0 Å². The van der Waals surface area contributed by atoms with E-state index >= 15 is 0 Å². The molecule has 1 aromatic rings. The van der Waals surface area contributed by atoms with Crippen LogP contribution in [-0.2, 0) is 11.3 Å². The van der Waals surface area contributed by atoms with Crippen LogP contribution in [0.1, 0.15) is 37.9 Å². The molecule has 1 aliphatic rings. The van der Waals surface area contributed by atoms with Crippen molar-refractivity contribution in [3.63, 3.8) is 0 Å². The van der Waals surface area contributed by atoms with E-state index in [0.29, 0.717) is 6.42 Å². The molecule has 1 saturated heterocycles. The monoisotopic (exact) mass is 223 g/mol. The van der Waals surface area contributed by atoms with Crippen molar-refractivity contribution < 1.29 is 9.90 Å². The Morgan fingerprint density at radius 2 is 2.50 bits per heavy atom. The molecule has 0 aliphatic carbocycles. The summed E-state index contributed by atoms with van der Waals surface area (Å²) in [6.45, 7) is 2.99. The fourth-order valence-electron chi connectivity index (χ4n) is 2.21. The molecule has 0 aromatic carbocycles. The SMILES string of the molecule is CCCn1nccc1C1CCC(C(=O)O)N1. The van der Waals surface area contributed by atoms with Crippen LogP contribution in [0.25, 0.3) is 0 Å². The maximum atomic E-state index is 10.8. The molecule has 1 aliphatic heterocycles. The predicted octanol–water partition coefficient (Wildman–Crippen LogP) is 1.17. The number of aromatic nitrogens is 2. The van der Waals surface area contributed by atoms with E-state index in [9.17, 15) is 4.79 Å². The van der Waals surface area contributed by atoms with Gasteiger partial charge in [-0.25, -0.2) is 0 Å². The van der Waals surface area contributed by atoms with Crippen LogP contribution < -0.4 is 5.32 Å². The number of aryl methyl sites for hydroxylation is 1. The maximum Gasteiger partial charge on any atom is 0.320 e. The fraction of sp³-hybridized carbons (Fsp3) is 0.636. The van der Waals surface area contributed by atoms with Crippen LogP contribution in [0.3, 0.4) is 0 Å². The van der Waals surface area contributed by atoms with Crippen LogP contribution >= 0.6 is 0 Å². The number of hydrogen-bond acceptors (Lipinski definition) is 3. The molecule has 2 atom stereocenters. The summed E-state index contributed by atoms with van der Waals surface area (Å²) < 4.78 is 1.96. The number of aliphatic carboxylic acids is 1. The number of nitrogens with one attached hydrogen (secondary N) is 1. The van der Waals surface area contributed by atoms with E-state index in [1.807, 2.05) is 10.7 Å². The Morgan fingerprint density at radius 1 is 1.69 bits per heavy atom. The van der Waals surface area contributed by atoms with Crippen LogP contribution in [0, 0.1) is 0 Å². The van der Waals surface area contributed by atoms with E-state index in [2.05, 4.69) is 17.3 Å². The molecular formula is C11H17N3O2. The molecule has 2 heterocycles. The van der Waals surface area contributed by atoms with E-state index in [0.717, 1.165) is 25.1 Å². The van der Waals surface area contributed by atoms with Gasteiger partial charge in [0.25, 0.3) is 0 Å². The minimum absolute atomic E-state index is 0.134. The largest absolute Gasteiger partial charge is 0.480 e. The Bertz CT molecular complexity index is 375. The van der Waals surface area contributed by atoms with Gasteiger partial charge in [0.05, 0.1) is 5.69 Å². The highest BCUT2D eigenvalue weighted by Gasteiger charge is 2.31. The molecule has 0 radical (unpaired) electrons. The van der Waals surface area contributed by atoms with Crippen LogP contribution in [0.15, 0.2) is 12.3 Å². The molecule has 0 amide bonds. The first-order chi connectivity index (χ1) is 7.72. The Morgan fingerprint density at radius 3 is 3.12 bits per heavy atom. The number of carbonyl (C=O) groups is 1. The van der Waals surface area contributed by atoms with E-state index in [1.54, 1.807) is 6.20 Å². The van der Waals surface area contributed by atoms with Crippen molar-refractivity contribution in [2.75, 3.05) is 0 Å². The Labute approximate surface area is 94.5 Å². The Hall–Kier alpha value is -1.36. The first-order valence-electron chi connectivity index (χ1n) is 5.73. The van der Waals surface area contributed by atoms with Gasteiger partial charge in [0.15, 0.2) is 0 Å². The molecule has 0 bridgehead atoms. The van der Waals surface area contributed by atoms with Crippen molar-refractivity contribution in [2.24, 2.45) is 0 Å². The highest BCUT2D eigenvalue weighted by Crippen LogP contribution is 2.26. The third-order valence-electron chi connectivity index (χ3n) is 2.99. The molecule has 5 nitrogen and oxygen atoms in total. The standard InChI is InChI=1S/C11H17N3O2/c1-2-7-14-10(5-6-12-14)8-3-4-9(13-8)11(15)16/h5-6,8-9,13H,2-4,7H2,1H3,(H,15,16). The van der Waals surface area contributed by atoms with Gasteiger partial charge in [0, 0.05) is 18.8 Å². The third kappa shape index (κ3) is 2.09. The van der Waals surface area contributed by atoms with Gasteiger partial charge in [-0.3, -0.25) is 14.8 Å². The normalized spacial score (nSPS) is 24.8. The fourth-order valence-corrected chi connectivity index (χ4v) is 2.21. The number of hydrogen-bond donors (Lipinski definition) is 2. The summed E-state index contributed by atoms with van der Waals surface area (Å²) >= 11 is 0. The second-order valence-electron chi connectivity index (χ2n) is 4.17. The number of nitrogens with zero attached hydrogens (tertiary/aromatic N) is 2. The van der Waals surface area contributed by atoms with Gasteiger partial charge in [-0.15, -0.1) is 0 Å². The molecule has 5 heteroatoms. The van der Waals surface area contributed by atoms with Crippen molar-refractivity contribution >= 4 is 5.97 Å². The average Bonchev–Trinajstić information content (AvgIpc) is 2.84. The average molecular weight is 223 g/mol. The quantitative estimate of drug-likeness (QED) is 0.804. The van der Waals surface area contributed by atoms with E-state index in [1.165, 1.54) is 0 Å². The third-order valence-corrected chi connectivity index (χ3v) is 2.99. The summed E-state index contributed by atoms with van der Waals surface area (Å²) in [6, 6.07) is 1.70. The van der Waals surface area contributed by atoms with Gasteiger partial charge < -0.3 is 5.11 Å². The topological polar surface area (TPSA) is 67.2 Å². The first kappa shape index (κ1) is 11.1. The molecular weight excluding hydrogens is 206 g/mol. The van der Waals surface area contributed by atoms with Crippen LogP contribution in [-0.4, -0.2) is 26.9 Å². The number of carboxylic acids is 1. The van der Waals surface area contributed by atoms with Crippen molar-refractivity contribution in [1.29, 1.82) is 0 Å². The van der Waals surface area contributed by atoms with Crippen molar-refractivity contribution in [2.45, 2.75) is 44.8 Å². The van der Waals surface area contributed by atoms with Crippen LogP contribution in [0.4, 0.5) is 0 Å². The van der Waals surface area contributed by atoms with Gasteiger partial charge in [-0.05, 0) is 25.3 Å². The summed E-state index contributed by atoms with van der Waals surface area (Å²) in [6.07, 6.45) is 4.37. The van der Waals surface area contributed by atoms with Crippen molar-refractivity contribution in [3.8, 4) is 0 Å². The molecule has 2 unspecified atom stereocenters. The summed E-state index contributed by atoms with van der Waals surface area (Å²) in [5.74, 6) is -0.760. The lowest BCUT2D eigenvalue weighted by atomic mass is 10.1. The smallest absolute Gasteiger partial charge is 0.320 e. The lowest BCUT2D eigenvalue weighted by molar-refractivity contribution is -0.139. The second-order valence-corrected chi connectivity index (χ2v) is 4.17. The highest BCUT2D eigenvalue weighted by molar-refractivity contribution is 5.73. The molecule has 1 aromatic heterocycles. The number of carboxylic acid groups (broad SMARTS) is 1. The predicted molar refractivity (Wildman–Crippen MR) is 59.1 cm³/mol. The zero-order valence-electron chi connectivity index (χ0n) is 9.39. The summed E-state index contributed by atoms with van der Waals surface area (Å²) in [4.78, 5) is 10.8. The Balaban J connectivity index is 2.08. The van der Waals surface area contributed by atoms with E-state index < -0.39 is 12.0 Å². The minimum atomic E-state index is -0.760. The molecule has 2 rings (SSSR count). The van der Waals surface area contributed by atoms with E-state index in [-0.39, 0.29) is 6.04 Å². The molecule has 1 fully saturated rings. The molecule has 0 spiro atoms. The molecule has 88 valence electrons. The maximum absolute atomic E-state index is 10.8. The molecule has 2 N–H and O–H groups in total.